The number of nitrogens with zero attached hydrogens (tertiary/aromatic N) is 3. The largest absolute Gasteiger partial charge is 0.497 e. The van der Waals surface area contributed by atoms with Gasteiger partial charge >= 0.3 is 5.69 Å². The van der Waals surface area contributed by atoms with Crippen LogP contribution in [0.3, 0.4) is 0 Å². The van der Waals surface area contributed by atoms with Gasteiger partial charge in [-0.15, -0.1) is 0 Å². The van der Waals surface area contributed by atoms with Gasteiger partial charge in [-0.25, -0.2) is 4.79 Å². The molecule has 1 fully saturated rings. The lowest BCUT2D eigenvalue weighted by molar-refractivity contribution is -0.151. The molecule has 33 heavy (non-hydrogen) atoms. The van der Waals surface area contributed by atoms with Crippen LogP contribution in [0.25, 0.3) is 11.0 Å². The third kappa shape index (κ3) is 4.23. The maximum atomic E-state index is 13.5. The van der Waals surface area contributed by atoms with Crippen LogP contribution >= 0.6 is 0 Å². The van der Waals surface area contributed by atoms with Gasteiger partial charge in [-0.05, 0) is 36.2 Å². The molecule has 1 unspecified atom stereocenters. The molecule has 2 amide bonds. The molecular formula is C24H27N3O6. The van der Waals surface area contributed by atoms with Crippen molar-refractivity contribution in [3.63, 3.8) is 0 Å². The molecule has 1 saturated heterocycles. The van der Waals surface area contributed by atoms with Crippen LogP contribution in [0.5, 0.6) is 11.5 Å². The van der Waals surface area contributed by atoms with E-state index in [1.807, 2.05) is 12.1 Å². The average molecular weight is 453 g/mol. The highest BCUT2D eigenvalue weighted by atomic mass is 16.5. The van der Waals surface area contributed by atoms with Gasteiger partial charge < -0.3 is 14.2 Å². The third-order valence-corrected chi connectivity index (χ3v) is 5.98. The maximum Gasteiger partial charge on any atom is 0.329 e. The number of amides is 2. The highest BCUT2D eigenvalue weighted by Gasteiger charge is 2.37. The van der Waals surface area contributed by atoms with Crippen molar-refractivity contribution in [3.05, 3.63) is 58.5 Å². The summed E-state index contributed by atoms with van der Waals surface area (Å²) < 4.78 is 18.7. The molecule has 1 atom stereocenters. The number of piperidine rings is 1. The number of rotatable bonds is 8. The lowest BCUT2D eigenvalue weighted by Crippen LogP contribution is -2.47. The summed E-state index contributed by atoms with van der Waals surface area (Å²) in [5, 5.41) is 0. The summed E-state index contributed by atoms with van der Waals surface area (Å²) in [4.78, 5) is 40.8. The van der Waals surface area contributed by atoms with Crippen molar-refractivity contribution in [2.45, 2.75) is 32.0 Å². The van der Waals surface area contributed by atoms with Crippen LogP contribution in [0.15, 0.2) is 47.3 Å². The van der Waals surface area contributed by atoms with E-state index in [0.29, 0.717) is 35.7 Å². The molecule has 1 aromatic heterocycles. The fraction of sp³-hybridized carbons (Fsp3) is 0.375. The van der Waals surface area contributed by atoms with Crippen molar-refractivity contribution in [3.8, 4) is 11.5 Å². The summed E-state index contributed by atoms with van der Waals surface area (Å²) in [5.74, 6) is 0.673. The Morgan fingerprint density at radius 3 is 2.27 bits per heavy atom. The number of carbonyl (C=O) groups excluding carboxylic acids is 2. The van der Waals surface area contributed by atoms with E-state index in [0.717, 1.165) is 5.56 Å². The molecule has 2 heterocycles. The van der Waals surface area contributed by atoms with Crippen molar-refractivity contribution < 1.29 is 23.8 Å². The van der Waals surface area contributed by atoms with E-state index in [1.165, 1.54) is 9.47 Å². The van der Waals surface area contributed by atoms with Crippen LogP contribution < -0.4 is 15.2 Å². The van der Waals surface area contributed by atoms with Crippen LogP contribution in [0.1, 0.15) is 24.4 Å². The number of ether oxygens (including phenoxy) is 3. The van der Waals surface area contributed by atoms with Gasteiger partial charge in [0.15, 0.2) is 0 Å². The van der Waals surface area contributed by atoms with Crippen LogP contribution in [0.4, 0.5) is 0 Å². The first kappa shape index (κ1) is 22.6. The molecule has 0 saturated carbocycles. The number of imide groups is 1. The number of carbonyl (C=O) groups is 2. The number of hydrogen-bond donors (Lipinski definition) is 0. The van der Waals surface area contributed by atoms with Gasteiger partial charge in [0.2, 0.25) is 5.91 Å². The number of methoxy groups -OCH3 is 3. The molecule has 4 rings (SSSR count). The zero-order valence-electron chi connectivity index (χ0n) is 18.9. The van der Waals surface area contributed by atoms with Gasteiger partial charge in [0.1, 0.15) is 17.5 Å². The van der Waals surface area contributed by atoms with Gasteiger partial charge in [0.05, 0.1) is 44.9 Å². The van der Waals surface area contributed by atoms with E-state index in [-0.39, 0.29) is 36.9 Å². The van der Waals surface area contributed by atoms with Gasteiger partial charge in [0, 0.05) is 19.6 Å². The number of hydrogen-bond acceptors (Lipinski definition) is 6. The normalized spacial score (nSPS) is 16.5. The molecular weight excluding hydrogens is 426 g/mol. The Balaban J connectivity index is 1.72. The van der Waals surface area contributed by atoms with Crippen molar-refractivity contribution in [1.82, 2.24) is 14.0 Å². The van der Waals surface area contributed by atoms with E-state index < -0.39 is 6.04 Å². The summed E-state index contributed by atoms with van der Waals surface area (Å²) in [5.41, 5.74) is 1.77. The van der Waals surface area contributed by atoms with Crippen LogP contribution in [0, 0.1) is 0 Å². The third-order valence-electron chi connectivity index (χ3n) is 5.98. The molecule has 0 aliphatic carbocycles. The summed E-state index contributed by atoms with van der Waals surface area (Å²) in [6.45, 7) is 0.821. The molecule has 0 spiro atoms. The second-order valence-electron chi connectivity index (χ2n) is 7.87. The topological polar surface area (TPSA) is 92.0 Å². The predicted octanol–water partition coefficient (Wildman–Crippen LogP) is 2.36. The van der Waals surface area contributed by atoms with Gasteiger partial charge in [-0.2, -0.15) is 0 Å². The van der Waals surface area contributed by atoms with E-state index >= 15 is 0 Å². The van der Waals surface area contributed by atoms with Crippen LogP contribution in [0.2, 0.25) is 0 Å². The second-order valence-corrected chi connectivity index (χ2v) is 7.87. The SMILES string of the molecule is COCCn1c(=O)n(C2CCC(=O)N(Cc3ccc(OC)cc3)C2=O)c2ccc(OC)cc21. The Bertz CT molecular complexity index is 1230. The zero-order valence-corrected chi connectivity index (χ0v) is 18.9. The number of aromatic nitrogens is 2. The molecule has 1 aliphatic rings. The van der Waals surface area contributed by atoms with Crippen LogP contribution in [-0.2, 0) is 27.4 Å². The first-order valence-corrected chi connectivity index (χ1v) is 10.7. The Morgan fingerprint density at radius 2 is 1.61 bits per heavy atom. The summed E-state index contributed by atoms with van der Waals surface area (Å²) in [6.07, 6.45) is 0.450. The molecule has 2 aromatic carbocycles. The lowest BCUT2D eigenvalue weighted by atomic mass is 10.0. The minimum absolute atomic E-state index is 0.142. The zero-order chi connectivity index (χ0) is 23.5. The van der Waals surface area contributed by atoms with Crippen molar-refractivity contribution in [1.29, 1.82) is 0 Å². The number of benzene rings is 2. The highest BCUT2D eigenvalue weighted by molar-refractivity contribution is 6.00. The second kappa shape index (κ2) is 9.50. The fourth-order valence-electron chi connectivity index (χ4n) is 4.23. The van der Waals surface area contributed by atoms with Gasteiger partial charge in [-0.3, -0.25) is 23.6 Å². The Hall–Kier alpha value is -3.59. The fourth-order valence-corrected chi connectivity index (χ4v) is 4.23. The summed E-state index contributed by atoms with van der Waals surface area (Å²) in [7, 11) is 4.70. The van der Waals surface area contributed by atoms with E-state index in [1.54, 1.807) is 56.2 Å². The van der Waals surface area contributed by atoms with E-state index in [4.69, 9.17) is 14.2 Å². The summed E-state index contributed by atoms with van der Waals surface area (Å²) >= 11 is 0. The molecule has 9 heteroatoms. The maximum absolute atomic E-state index is 13.5. The Kier molecular flexibility index (Phi) is 6.50. The molecule has 0 bridgehead atoms. The molecule has 174 valence electrons. The monoisotopic (exact) mass is 453 g/mol. The van der Waals surface area contributed by atoms with E-state index in [9.17, 15) is 14.4 Å². The smallest absolute Gasteiger partial charge is 0.329 e. The van der Waals surface area contributed by atoms with Crippen LogP contribution in [-0.4, -0.2) is 53.8 Å². The minimum Gasteiger partial charge on any atom is -0.497 e. The molecule has 3 aromatic rings. The number of imidazole rings is 1. The minimum atomic E-state index is -0.770. The van der Waals surface area contributed by atoms with Gasteiger partial charge in [-0.1, -0.05) is 12.1 Å². The number of likely N-dealkylation sites (tertiary alicyclic amines) is 1. The van der Waals surface area contributed by atoms with Crippen molar-refractivity contribution >= 4 is 22.8 Å². The van der Waals surface area contributed by atoms with Gasteiger partial charge in [0.25, 0.3) is 5.91 Å². The number of fused-ring (bicyclic) bond motifs is 1. The Morgan fingerprint density at radius 1 is 0.909 bits per heavy atom. The standard InChI is InChI=1S/C24H27N3O6/c1-31-13-12-25-21-14-18(33-3)8-9-19(21)27(24(25)30)20-10-11-22(28)26(23(20)29)15-16-4-6-17(32-2)7-5-16/h4-9,14,20H,10-13,15H2,1-3H3. The molecule has 9 nitrogen and oxygen atoms in total. The first-order chi connectivity index (χ1) is 16.0. The molecule has 1 aliphatic heterocycles. The quantitative estimate of drug-likeness (QED) is 0.486. The molecule has 0 radical (unpaired) electrons. The van der Waals surface area contributed by atoms with Crippen molar-refractivity contribution in [2.24, 2.45) is 0 Å². The first-order valence-electron chi connectivity index (χ1n) is 10.7. The Labute approximate surface area is 191 Å². The average Bonchev–Trinajstić information content (AvgIpc) is 3.11. The molecule has 0 N–H and O–H groups in total. The van der Waals surface area contributed by atoms with E-state index in [2.05, 4.69) is 0 Å². The lowest BCUT2D eigenvalue weighted by Gasteiger charge is -2.31. The summed E-state index contributed by atoms with van der Waals surface area (Å²) in [6, 6.07) is 11.7. The predicted molar refractivity (Wildman–Crippen MR) is 121 cm³/mol. The van der Waals surface area contributed by atoms with Crippen molar-refractivity contribution in [2.75, 3.05) is 27.9 Å². The highest BCUT2D eigenvalue weighted by Crippen LogP contribution is 2.29.